The average Bonchev–Trinajstić information content (AvgIpc) is 3.03. The third kappa shape index (κ3) is 2.31. The summed E-state index contributed by atoms with van der Waals surface area (Å²) in [5.74, 6) is 0.663. The molecule has 3 heterocycles. The molecule has 7 heteroatoms. The number of likely N-dealkylation sites (tertiary alicyclic amines) is 1. The Morgan fingerprint density at radius 1 is 1.48 bits per heavy atom. The molecule has 1 aromatic heterocycles. The SMILES string of the molecule is Cc1cc(CN2CCC3(C2)NC(=O)N(C(C)C)C3=O)no1. The Morgan fingerprint density at radius 2 is 2.24 bits per heavy atom. The van der Waals surface area contributed by atoms with Crippen LogP contribution in [0.3, 0.4) is 0 Å². The van der Waals surface area contributed by atoms with Crippen molar-refractivity contribution in [3.8, 4) is 0 Å². The van der Waals surface area contributed by atoms with Crippen molar-refractivity contribution in [3.05, 3.63) is 17.5 Å². The summed E-state index contributed by atoms with van der Waals surface area (Å²) in [6.45, 7) is 7.45. The van der Waals surface area contributed by atoms with Gasteiger partial charge in [-0.05, 0) is 27.2 Å². The zero-order valence-electron chi connectivity index (χ0n) is 12.5. The molecular formula is C14H20N4O3. The number of amides is 3. The van der Waals surface area contributed by atoms with Crippen LogP contribution in [0.2, 0.25) is 0 Å². The molecule has 2 aliphatic rings. The summed E-state index contributed by atoms with van der Waals surface area (Å²) in [5.41, 5.74) is 0.0854. The number of nitrogens with zero attached hydrogens (tertiary/aromatic N) is 3. The summed E-state index contributed by atoms with van der Waals surface area (Å²) in [4.78, 5) is 28.0. The lowest BCUT2D eigenvalue weighted by atomic mass is 9.98. The van der Waals surface area contributed by atoms with E-state index >= 15 is 0 Å². The number of hydrogen-bond acceptors (Lipinski definition) is 5. The van der Waals surface area contributed by atoms with Gasteiger partial charge in [0.15, 0.2) is 0 Å². The van der Waals surface area contributed by atoms with Gasteiger partial charge in [0.25, 0.3) is 5.91 Å². The van der Waals surface area contributed by atoms with Crippen molar-refractivity contribution in [1.29, 1.82) is 0 Å². The van der Waals surface area contributed by atoms with Gasteiger partial charge in [-0.1, -0.05) is 5.16 Å². The first-order valence-corrected chi connectivity index (χ1v) is 7.22. The fraction of sp³-hybridized carbons (Fsp3) is 0.643. The van der Waals surface area contributed by atoms with Crippen molar-refractivity contribution in [1.82, 2.24) is 20.3 Å². The molecule has 7 nitrogen and oxygen atoms in total. The fourth-order valence-electron chi connectivity index (χ4n) is 3.13. The molecule has 0 bridgehead atoms. The predicted octanol–water partition coefficient (Wildman–Crippen LogP) is 0.888. The van der Waals surface area contributed by atoms with E-state index in [1.807, 2.05) is 26.8 Å². The van der Waals surface area contributed by atoms with Crippen molar-refractivity contribution in [2.24, 2.45) is 0 Å². The van der Waals surface area contributed by atoms with Crippen molar-refractivity contribution >= 4 is 11.9 Å². The molecule has 1 spiro atoms. The van der Waals surface area contributed by atoms with Gasteiger partial charge in [-0.2, -0.15) is 0 Å². The zero-order valence-corrected chi connectivity index (χ0v) is 12.5. The van der Waals surface area contributed by atoms with Gasteiger partial charge in [-0.25, -0.2) is 4.79 Å². The lowest BCUT2D eigenvalue weighted by molar-refractivity contribution is -0.132. The molecule has 1 atom stereocenters. The third-order valence-electron chi connectivity index (χ3n) is 4.12. The number of urea groups is 1. The number of aromatic nitrogens is 1. The molecule has 2 fully saturated rings. The van der Waals surface area contributed by atoms with Crippen molar-refractivity contribution in [2.75, 3.05) is 13.1 Å². The minimum Gasteiger partial charge on any atom is -0.361 e. The summed E-state index contributed by atoms with van der Waals surface area (Å²) in [5, 5.41) is 6.86. The number of carbonyl (C=O) groups is 2. The van der Waals surface area contributed by atoms with E-state index in [9.17, 15) is 9.59 Å². The second kappa shape index (κ2) is 4.84. The number of imide groups is 1. The van der Waals surface area contributed by atoms with E-state index in [-0.39, 0.29) is 18.0 Å². The Balaban J connectivity index is 1.71. The van der Waals surface area contributed by atoms with Crippen LogP contribution in [0.25, 0.3) is 0 Å². The number of nitrogens with one attached hydrogen (secondary N) is 1. The standard InChI is InChI=1S/C14H20N4O3/c1-9(2)18-12(19)14(15-13(18)20)4-5-17(8-14)7-11-6-10(3)21-16-11/h6,9H,4-5,7-8H2,1-3H3,(H,15,20). The third-order valence-corrected chi connectivity index (χ3v) is 4.12. The highest BCUT2D eigenvalue weighted by Crippen LogP contribution is 2.30. The van der Waals surface area contributed by atoms with Crippen LogP contribution in [0.1, 0.15) is 31.7 Å². The molecule has 1 aromatic rings. The second-order valence-electron chi connectivity index (χ2n) is 6.17. The minimum atomic E-state index is -0.764. The topological polar surface area (TPSA) is 78.7 Å². The van der Waals surface area contributed by atoms with Gasteiger partial charge in [0, 0.05) is 31.7 Å². The molecular weight excluding hydrogens is 272 g/mol. The number of aryl methyl sites for hydroxylation is 1. The molecule has 2 saturated heterocycles. The van der Waals surface area contributed by atoms with Crippen LogP contribution in [-0.4, -0.2) is 51.6 Å². The molecule has 114 valence electrons. The summed E-state index contributed by atoms with van der Waals surface area (Å²) >= 11 is 0. The van der Waals surface area contributed by atoms with E-state index in [4.69, 9.17) is 4.52 Å². The van der Waals surface area contributed by atoms with Gasteiger partial charge in [0.2, 0.25) is 0 Å². The quantitative estimate of drug-likeness (QED) is 0.837. The van der Waals surface area contributed by atoms with Crippen molar-refractivity contribution < 1.29 is 14.1 Å². The molecule has 2 aliphatic heterocycles. The molecule has 0 aromatic carbocycles. The molecule has 0 radical (unpaired) electrons. The van der Waals surface area contributed by atoms with Gasteiger partial charge < -0.3 is 9.84 Å². The highest BCUT2D eigenvalue weighted by molar-refractivity contribution is 6.07. The van der Waals surface area contributed by atoms with E-state index in [2.05, 4.69) is 15.4 Å². The van der Waals surface area contributed by atoms with E-state index in [1.54, 1.807) is 0 Å². The van der Waals surface area contributed by atoms with Gasteiger partial charge in [0.05, 0.1) is 5.69 Å². The molecule has 1 N–H and O–H groups in total. The van der Waals surface area contributed by atoms with Gasteiger partial charge in [-0.15, -0.1) is 0 Å². The molecule has 0 saturated carbocycles. The monoisotopic (exact) mass is 292 g/mol. The van der Waals surface area contributed by atoms with Crippen LogP contribution in [0.15, 0.2) is 10.6 Å². The zero-order chi connectivity index (χ0) is 15.2. The molecule has 0 aliphatic carbocycles. The van der Waals surface area contributed by atoms with E-state index in [0.717, 1.165) is 18.0 Å². The first-order valence-electron chi connectivity index (χ1n) is 7.22. The lowest BCUT2D eigenvalue weighted by Crippen LogP contribution is -2.49. The number of hydrogen-bond donors (Lipinski definition) is 1. The van der Waals surface area contributed by atoms with Gasteiger partial charge >= 0.3 is 6.03 Å². The Bertz CT molecular complexity index is 583. The molecule has 3 rings (SSSR count). The highest BCUT2D eigenvalue weighted by atomic mass is 16.5. The summed E-state index contributed by atoms with van der Waals surface area (Å²) in [6, 6.07) is 1.48. The minimum absolute atomic E-state index is 0.110. The van der Waals surface area contributed by atoms with Crippen LogP contribution in [0, 0.1) is 6.92 Å². The fourth-order valence-corrected chi connectivity index (χ4v) is 3.13. The van der Waals surface area contributed by atoms with Crippen LogP contribution >= 0.6 is 0 Å². The van der Waals surface area contributed by atoms with E-state index in [1.165, 1.54) is 4.90 Å². The number of carbonyl (C=O) groups excluding carboxylic acids is 2. The van der Waals surface area contributed by atoms with Crippen LogP contribution < -0.4 is 5.32 Å². The smallest absolute Gasteiger partial charge is 0.325 e. The summed E-state index contributed by atoms with van der Waals surface area (Å²) in [7, 11) is 0. The molecule has 1 unspecified atom stereocenters. The maximum absolute atomic E-state index is 12.6. The first-order chi connectivity index (χ1) is 9.91. The Kier molecular flexibility index (Phi) is 3.24. The van der Waals surface area contributed by atoms with Crippen LogP contribution in [0.4, 0.5) is 4.79 Å². The van der Waals surface area contributed by atoms with Gasteiger partial charge in [0.1, 0.15) is 11.3 Å². The van der Waals surface area contributed by atoms with Gasteiger partial charge in [-0.3, -0.25) is 14.6 Å². The molecule has 3 amide bonds. The predicted molar refractivity (Wildman–Crippen MR) is 74.4 cm³/mol. The van der Waals surface area contributed by atoms with Crippen molar-refractivity contribution in [2.45, 2.75) is 45.3 Å². The normalized spacial score (nSPS) is 26.4. The Labute approximate surface area is 123 Å². The first kappa shape index (κ1) is 14.1. The largest absolute Gasteiger partial charge is 0.361 e. The Hall–Kier alpha value is -1.89. The average molecular weight is 292 g/mol. The second-order valence-corrected chi connectivity index (χ2v) is 6.17. The van der Waals surface area contributed by atoms with Crippen LogP contribution in [-0.2, 0) is 11.3 Å². The lowest BCUT2D eigenvalue weighted by Gasteiger charge is -2.22. The summed E-state index contributed by atoms with van der Waals surface area (Å²) < 4.78 is 5.06. The Morgan fingerprint density at radius 3 is 2.81 bits per heavy atom. The summed E-state index contributed by atoms with van der Waals surface area (Å²) in [6.07, 6.45) is 0.637. The highest BCUT2D eigenvalue weighted by Gasteiger charge is 2.55. The van der Waals surface area contributed by atoms with E-state index < -0.39 is 5.54 Å². The number of rotatable bonds is 3. The maximum Gasteiger partial charge on any atom is 0.325 e. The van der Waals surface area contributed by atoms with Crippen molar-refractivity contribution in [3.63, 3.8) is 0 Å². The molecule has 21 heavy (non-hydrogen) atoms. The van der Waals surface area contributed by atoms with E-state index in [0.29, 0.717) is 19.5 Å². The van der Waals surface area contributed by atoms with Crippen LogP contribution in [0.5, 0.6) is 0 Å². The maximum atomic E-state index is 12.6.